The molecule has 5 atom stereocenters. The number of epoxide rings is 1. The molecule has 0 radical (unpaired) electrons. The fourth-order valence-electron chi connectivity index (χ4n) is 5.01. The number of benzene rings is 1. The van der Waals surface area contributed by atoms with E-state index in [-0.39, 0.29) is 5.75 Å². The van der Waals surface area contributed by atoms with E-state index in [0.717, 1.165) is 6.42 Å². The van der Waals surface area contributed by atoms with Crippen LogP contribution in [-0.2, 0) is 4.74 Å². The molecule has 29 heavy (non-hydrogen) atoms. The summed E-state index contributed by atoms with van der Waals surface area (Å²) in [5.74, 6) is 2.98. The third-order valence-electron chi connectivity index (χ3n) is 6.30. The SMILES string of the molecule is FC(F)Oc1ccc(-c2nnc3cncc(OC[C@H]4C[C@@H]5C[C@@H]4[C@H]4O[C@@H]54)n23)cc1. The molecule has 0 spiro atoms. The molecule has 0 amide bonds. The van der Waals surface area contributed by atoms with Crippen LogP contribution in [0.1, 0.15) is 12.8 Å². The second kappa shape index (κ2) is 6.35. The maximum absolute atomic E-state index is 12.4. The summed E-state index contributed by atoms with van der Waals surface area (Å²) in [5, 5.41) is 8.40. The van der Waals surface area contributed by atoms with Gasteiger partial charge in [0.05, 0.1) is 31.2 Å². The summed E-state index contributed by atoms with van der Waals surface area (Å²) >= 11 is 0. The topological polar surface area (TPSA) is 74.1 Å². The maximum Gasteiger partial charge on any atom is 0.387 e. The number of nitrogens with zero attached hydrogens (tertiary/aromatic N) is 4. The minimum absolute atomic E-state index is 0.0904. The summed E-state index contributed by atoms with van der Waals surface area (Å²) in [6, 6.07) is 6.29. The summed E-state index contributed by atoms with van der Waals surface area (Å²) in [7, 11) is 0. The van der Waals surface area contributed by atoms with E-state index in [4.69, 9.17) is 9.47 Å². The molecule has 2 saturated carbocycles. The second-order valence-electron chi connectivity index (χ2n) is 7.90. The first-order valence-corrected chi connectivity index (χ1v) is 9.70. The van der Waals surface area contributed by atoms with Gasteiger partial charge in [0.15, 0.2) is 11.5 Å². The van der Waals surface area contributed by atoms with Gasteiger partial charge in [-0.05, 0) is 54.9 Å². The van der Waals surface area contributed by atoms with Crippen LogP contribution in [0.3, 0.4) is 0 Å². The molecule has 0 N–H and O–H groups in total. The number of fused-ring (bicyclic) bond motifs is 6. The number of alkyl halides is 2. The zero-order valence-electron chi connectivity index (χ0n) is 15.3. The summed E-state index contributed by atoms with van der Waals surface area (Å²) in [5.41, 5.74) is 1.27. The van der Waals surface area contributed by atoms with Crippen LogP contribution >= 0.6 is 0 Å². The van der Waals surface area contributed by atoms with Crippen LogP contribution in [0, 0.1) is 17.8 Å². The average molecular weight is 400 g/mol. The van der Waals surface area contributed by atoms with Crippen LogP contribution in [0.2, 0.25) is 0 Å². The number of rotatable bonds is 6. The minimum Gasteiger partial charge on any atom is -0.477 e. The van der Waals surface area contributed by atoms with Crippen molar-refractivity contribution in [3.05, 3.63) is 36.7 Å². The maximum atomic E-state index is 12.4. The van der Waals surface area contributed by atoms with Gasteiger partial charge in [0.1, 0.15) is 5.75 Å². The van der Waals surface area contributed by atoms with E-state index in [1.807, 2.05) is 0 Å². The van der Waals surface area contributed by atoms with Crippen molar-refractivity contribution in [2.75, 3.05) is 6.61 Å². The molecule has 3 heterocycles. The molecule has 2 bridgehead atoms. The lowest BCUT2D eigenvalue weighted by Gasteiger charge is -2.20. The fourth-order valence-corrected chi connectivity index (χ4v) is 5.01. The van der Waals surface area contributed by atoms with Gasteiger partial charge in [-0.1, -0.05) is 0 Å². The summed E-state index contributed by atoms with van der Waals surface area (Å²) in [6.07, 6.45) is 6.60. The number of halogens is 2. The zero-order valence-corrected chi connectivity index (χ0v) is 15.3. The molecule has 2 aromatic heterocycles. The Bertz CT molecular complexity index is 1060. The highest BCUT2D eigenvalue weighted by Crippen LogP contribution is 2.58. The number of hydrogen-bond acceptors (Lipinski definition) is 6. The normalized spacial score (nSPS) is 29.4. The molecule has 6 rings (SSSR count). The average Bonchev–Trinajstić information content (AvgIpc) is 3.08. The Kier molecular flexibility index (Phi) is 3.74. The van der Waals surface area contributed by atoms with E-state index in [1.165, 1.54) is 18.6 Å². The van der Waals surface area contributed by atoms with Crippen molar-refractivity contribution in [1.82, 2.24) is 19.6 Å². The summed E-state index contributed by atoms with van der Waals surface area (Å²) in [6.45, 7) is -2.25. The highest BCUT2D eigenvalue weighted by molar-refractivity contribution is 5.61. The Hall–Kier alpha value is -2.81. The molecule has 7 nitrogen and oxygen atoms in total. The van der Waals surface area contributed by atoms with Gasteiger partial charge in [0, 0.05) is 5.56 Å². The fraction of sp³-hybridized carbons (Fsp3) is 0.450. The van der Waals surface area contributed by atoms with Crippen LogP contribution in [0.15, 0.2) is 36.7 Å². The molecule has 1 saturated heterocycles. The lowest BCUT2D eigenvalue weighted by atomic mass is 9.89. The Balaban J connectivity index is 1.26. The first-order chi connectivity index (χ1) is 14.2. The Morgan fingerprint density at radius 2 is 1.97 bits per heavy atom. The molecule has 3 aliphatic rings. The third-order valence-corrected chi connectivity index (χ3v) is 6.30. The van der Waals surface area contributed by atoms with Crippen molar-refractivity contribution < 1.29 is 23.0 Å². The van der Waals surface area contributed by atoms with Gasteiger partial charge in [0.25, 0.3) is 0 Å². The van der Waals surface area contributed by atoms with Gasteiger partial charge >= 0.3 is 6.61 Å². The molecule has 0 unspecified atom stereocenters. The predicted molar refractivity (Wildman–Crippen MR) is 96.7 cm³/mol. The number of hydrogen-bond donors (Lipinski definition) is 0. The second-order valence-corrected chi connectivity index (χ2v) is 7.90. The van der Waals surface area contributed by atoms with Crippen molar-refractivity contribution in [3.8, 4) is 23.0 Å². The monoisotopic (exact) mass is 400 g/mol. The van der Waals surface area contributed by atoms with Crippen molar-refractivity contribution in [2.45, 2.75) is 31.7 Å². The summed E-state index contributed by atoms with van der Waals surface area (Å²) < 4.78 is 42.8. The van der Waals surface area contributed by atoms with Crippen LogP contribution < -0.4 is 9.47 Å². The van der Waals surface area contributed by atoms with Gasteiger partial charge < -0.3 is 14.2 Å². The largest absolute Gasteiger partial charge is 0.477 e. The zero-order chi connectivity index (χ0) is 19.5. The van der Waals surface area contributed by atoms with Crippen LogP contribution in [0.4, 0.5) is 8.78 Å². The van der Waals surface area contributed by atoms with E-state index in [1.54, 1.807) is 28.9 Å². The molecular weight excluding hydrogens is 382 g/mol. The molecular formula is C20H18F2N4O3. The van der Waals surface area contributed by atoms with Crippen molar-refractivity contribution in [2.24, 2.45) is 17.8 Å². The minimum atomic E-state index is -2.86. The predicted octanol–water partition coefficient (Wildman–Crippen LogP) is 3.19. The molecule has 3 aromatic rings. The van der Waals surface area contributed by atoms with E-state index in [9.17, 15) is 8.78 Å². The van der Waals surface area contributed by atoms with Crippen molar-refractivity contribution >= 4 is 5.65 Å². The van der Waals surface area contributed by atoms with Crippen molar-refractivity contribution in [3.63, 3.8) is 0 Å². The van der Waals surface area contributed by atoms with Crippen molar-refractivity contribution in [1.29, 1.82) is 0 Å². The lowest BCUT2D eigenvalue weighted by molar-refractivity contribution is -0.0498. The number of aromatic nitrogens is 4. The van der Waals surface area contributed by atoms with Gasteiger partial charge in [-0.15, -0.1) is 10.2 Å². The van der Waals surface area contributed by atoms with E-state index < -0.39 is 6.61 Å². The Labute approximate surface area is 164 Å². The molecule has 2 aliphatic carbocycles. The van der Waals surface area contributed by atoms with Crippen LogP contribution in [-0.4, -0.2) is 45.0 Å². The van der Waals surface area contributed by atoms with E-state index in [2.05, 4.69) is 19.9 Å². The molecule has 3 fully saturated rings. The summed E-state index contributed by atoms with van der Waals surface area (Å²) in [4.78, 5) is 4.21. The van der Waals surface area contributed by atoms with E-state index in [0.29, 0.717) is 59.5 Å². The van der Waals surface area contributed by atoms with Crippen LogP contribution in [0.5, 0.6) is 11.6 Å². The lowest BCUT2D eigenvalue weighted by Crippen LogP contribution is -2.24. The number of ether oxygens (including phenoxy) is 3. The highest BCUT2D eigenvalue weighted by atomic mass is 19.3. The van der Waals surface area contributed by atoms with E-state index >= 15 is 0 Å². The smallest absolute Gasteiger partial charge is 0.387 e. The van der Waals surface area contributed by atoms with Gasteiger partial charge in [-0.25, -0.2) is 4.40 Å². The molecule has 150 valence electrons. The quantitative estimate of drug-likeness (QED) is 0.592. The molecule has 1 aliphatic heterocycles. The van der Waals surface area contributed by atoms with Gasteiger partial charge in [0.2, 0.25) is 5.88 Å². The first-order valence-electron chi connectivity index (χ1n) is 9.70. The first kappa shape index (κ1) is 17.1. The highest BCUT2D eigenvalue weighted by Gasteiger charge is 2.63. The standard InChI is InChI=1S/C20H18F2N4O3/c21-20(22)28-13-3-1-10(2-4-13)19-25-24-15-7-23-8-16(26(15)19)27-9-12-5-11-6-14(12)18-17(11)29-18/h1-4,7-8,11-12,14,17-18,20H,5-6,9H2/t11-,12-,14+,17+,18-/m1/s1. The molecule has 1 aromatic carbocycles. The van der Waals surface area contributed by atoms with Gasteiger partial charge in [-0.2, -0.15) is 8.78 Å². The molecule has 9 heteroatoms. The van der Waals surface area contributed by atoms with Gasteiger partial charge in [-0.3, -0.25) is 4.98 Å². The Morgan fingerprint density at radius 3 is 2.72 bits per heavy atom. The van der Waals surface area contributed by atoms with Crippen LogP contribution in [0.25, 0.3) is 17.0 Å². The third kappa shape index (κ3) is 2.83. The Morgan fingerprint density at radius 1 is 1.10 bits per heavy atom.